The quantitative estimate of drug-likeness (QED) is 0.698. The van der Waals surface area contributed by atoms with Gasteiger partial charge in [0.15, 0.2) is 0 Å². The molecule has 0 spiro atoms. The van der Waals surface area contributed by atoms with Gasteiger partial charge >= 0.3 is 0 Å². The minimum atomic E-state index is -0.0976. The molecule has 0 aliphatic carbocycles. The number of aryl methyl sites for hydroxylation is 1. The van der Waals surface area contributed by atoms with Crippen molar-refractivity contribution in [2.45, 2.75) is 19.4 Å². The summed E-state index contributed by atoms with van der Waals surface area (Å²) in [6.07, 6.45) is 0.330. The molecule has 0 radical (unpaired) electrons. The molecule has 1 amide bonds. The fourth-order valence-corrected chi connectivity index (χ4v) is 3.44. The molecule has 2 aromatic carbocycles. The highest BCUT2D eigenvalue weighted by Gasteiger charge is 2.23. The summed E-state index contributed by atoms with van der Waals surface area (Å²) in [6, 6.07) is 20.2. The molecule has 0 atom stereocenters. The van der Waals surface area contributed by atoms with Gasteiger partial charge in [0.05, 0.1) is 23.2 Å². The summed E-state index contributed by atoms with van der Waals surface area (Å²) >= 11 is 1.58. The van der Waals surface area contributed by atoms with E-state index in [2.05, 4.69) is 29.2 Å². The van der Waals surface area contributed by atoms with Crippen LogP contribution in [-0.4, -0.2) is 22.8 Å². The summed E-state index contributed by atoms with van der Waals surface area (Å²) in [5.41, 5.74) is 3.05. The molecule has 0 fully saturated rings. The van der Waals surface area contributed by atoms with E-state index >= 15 is 0 Å². The molecule has 0 aliphatic heterocycles. The van der Waals surface area contributed by atoms with Crippen LogP contribution in [0.3, 0.4) is 0 Å². The molecule has 0 saturated heterocycles. The Bertz CT molecular complexity index is 759. The SMILES string of the molecule is Cc1nc(CC(=O)N(C)C(c2ccccc2)c2ccccc2)cs1. The normalized spacial score (nSPS) is 10.8. The largest absolute Gasteiger partial charge is 0.334 e. The van der Waals surface area contributed by atoms with Crippen molar-refractivity contribution in [1.29, 1.82) is 0 Å². The van der Waals surface area contributed by atoms with E-state index in [4.69, 9.17) is 0 Å². The molecule has 24 heavy (non-hydrogen) atoms. The minimum Gasteiger partial charge on any atom is -0.334 e. The highest BCUT2D eigenvalue weighted by molar-refractivity contribution is 7.09. The molecule has 1 aromatic heterocycles. The van der Waals surface area contributed by atoms with Gasteiger partial charge in [0, 0.05) is 12.4 Å². The van der Waals surface area contributed by atoms with Crippen LogP contribution >= 0.6 is 11.3 Å². The maximum atomic E-state index is 12.8. The fraction of sp³-hybridized carbons (Fsp3) is 0.200. The van der Waals surface area contributed by atoms with E-state index in [0.717, 1.165) is 21.8 Å². The summed E-state index contributed by atoms with van der Waals surface area (Å²) < 4.78 is 0. The molecule has 1 heterocycles. The van der Waals surface area contributed by atoms with E-state index in [1.807, 2.05) is 60.6 Å². The first-order valence-electron chi connectivity index (χ1n) is 7.91. The Morgan fingerprint density at radius 2 is 1.58 bits per heavy atom. The van der Waals surface area contributed by atoms with Crippen LogP contribution in [0.25, 0.3) is 0 Å². The number of amides is 1. The Labute approximate surface area is 146 Å². The summed E-state index contributed by atoms with van der Waals surface area (Å²) in [7, 11) is 1.87. The monoisotopic (exact) mass is 336 g/mol. The van der Waals surface area contributed by atoms with Gasteiger partial charge in [-0.2, -0.15) is 0 Å². The molecule has 122 valence electrons. The fourth-order valence-electron chi connectivity index (χ4n) is 2.82. The molecular formula is C20H20N2OS. The predicted octanol–water partition coefficient (Wildman–Crippen LogP) is 4.24. The minimum absolute atomic E-state index is 0.0676. The number of carbonyl (C=O) groups is 1. The molecule has 0 N–H and O–H groups in total. The highest BCUT2D eigenvalue weighted by Crippen LogP contribution is 2.28. The third-order valence-electron chi connectivity index (χ3n) is 4.01. The maximum Gasteiger partial charge on any atom is 0.229 e. The van der Waals surface area contributed by atoms with Crippen LogP contribution in [0.2, 0.25) is 0 Å². The van der Waals surface area contributed by atoms with Crippen molar-refractivity contribution in [2.24, 2.45) is 0 Å². The Morgan fingerprint density at radius 1 is 1.04 bits per heavy atom. The highest BCUT2D eigenvalue weighted by atomic mass is 32.1. The second-order valence-electron chi connectivity index (χ2n) is 5.76. The number of likely N-dealkylation sites (N-methyl/N-ethyl adjacent to an activating group) is 1. The molecule has 4 heteroatoms. The lowest BCUT2D eigenvalue weighted by Crippen LogP contribution is -2.33. The van der Waals surface area contributed by atoms with Crippen molar-refractivity contribution >= 4 is 17.2 Å². The van der Waals surface area contributed by atoms with Gasteiger partial charge in [-0.15, -0.1) is 11.3 Å². The van der Waals surface area contributed by atoms with Crippen molar-refractivity contribution in [3.8, 4) is 0 Å². The van der Waals surface area contributed by atoms with Crippen LogP contribution in [0, 0.1) is 6.92 Å². The Hall–Kier alpha value is -2.46. The van der Waals surface area contributed by atoms with E-state index < -0.39 is 0 Å². The molecule has 0 aliphatic rings. The van der Waals surface area contributed by atoms with Gasteiger partial charge in [0.2, 0.25) is 5.91 Å². The first-order chi connectivity index (χ1) is 11.6. The topological polar surface area (TPSA) is 33.2 Å². The third-order valence-corrected chi connectivity index (χ3v) is 4.83. The number of aromatic nitrogens is 1. The summed E-state index contributed by atoms with van der Waals surface area (Å²) in [6.45, 7) is 1.96. The summed E-state index contributed by atoms with van der Waals surface area (Å²) in [5.74, 6) is 0.0676. The van der Waals surface area contributed by atoms with Crippen molar-refractivity contribution in [3.05, 3.63) is 87.9 Å². The van der Waals surface area contributed by atoms with E-state index in [0.29, 0.717) is 6.42 Å². The zero-order valence-corrected chi connectivity index (χ0v) is 14.7. The average molecular weight is 336 g/mol. The molecular weight excluding hydrogens is 316 g/mol. The van der Waals surface area contributed by atoms with Gasteiger partial charge in [0.25, 0.3) is 0 Å². The number of carbonyl (C=O) groups excluding carboxylic acids is 1. The first kappa shape index (κ1) is 16.4. The zero-order valence-electron chi connectivity index (χ0n) is 13.8. The molecule has 3 aromatic rings. The predicted molar refractivity (Wildman–Crippen MR) is 98.1 cm³/mol. The lowest BCUT2D eigenvalue weighted by molar-refractivity contribution is -0.130. The number of hydrogen-bond donors (Lipinski definition) is 0. The van der Waals surface area contributed by atoms with Crippen LogP contribution in [0.4, 0.5) is 0 Å². The zero-order chi connectivity index (χ0) is 16.9. The number of hydrogen-bond acceptors (Lipinski definition) is 3. The average Bonchev–Trinajstić information content (AvgIpc) is 3.02. The van der Waals surface area contributed by atoms with Gasteiger partial charge < -0.3 is 4.90 Å². The van der Waals surface area contributed by atoms with Crippen molar-refractivity contribution in [1.82, 2.24) is 9.88 Å². The molecule has 0 saturated carbocycles. The van der Waals surface area contributed by atoms with Gasteiger partial charge in [-0.05, 0) is 18.1 Å². The van der Waals surface area contributed by atoms with Crippen molar-refractivity contribution in [2.75, 3.05) is 7.05 Å². The number of rotatable bonds is 5. The maximum absolute atomic E-state index is 12.8. The summed E-state index contributed by atoms with van der Waals surface area (Å²) in [5, 5.41) is 2.95. The van der Waals surface area contributed by atoms with Crippen LogP contribution < -0.4 is 0 Å². The van der Waals surface area contributed by atoms with E-state index in [1.165, 1.54) is 0 Å². The smallest absolute Gasteiger partial charge is 0.229 e. The Kier molecular flexibility index (Phi) is 5.06. The number of nitrogens with zero attached hydrogens (tertiary/aromatic N) is 2. The van der Waals surface area contributed by atoms with Gasteiger partial charge in [-0.3, -0.25) is 4.79 Å². The molecule has 3 rings (SSSR count). The third kappa shape index (κ3) is 3.71. The number of benzene rings is 2. The molecule has 0 unspecified atom stereocenters. The first-order valence-corrected chi connectivity index (χ1v) is 8.79. The van der Waals surface area contributed by atoms with Crippen molar-refractivity contribution in [3.63, 3.8) is 0 Å². The van der Waals surface area contributed by atoms with Crippen LogP contribution in [0.5, 0.6) is 0 Å². The second kappa shape index (κ2) is 7.41. The summed E-state index contributed by atoms with van der Waals surface area (Å²) in [4.78, 5) is 19.0. The van der Waals surface area contributed by atoms with E-state index in [-0.39, 0.29) is 11.9 Å². The van der Waals surface area contributed by atoms with Gasteiger partial charge in [0.1, 0.15) is 0 Å². The van der Waals surface area contributed by atoms with E-state index in [1.54, 1.807) is 11.3 Å². The van der Waals surface area contributed by atoms with Crippen molar-refractivity contribution < 1.29 is 4.79 Å². The Morgan fingerprint density at radius 3 is 2.04 bits per heavy atom. The lowest BCUT2D eigenvalue weighted by Gasteiger charge is -2.29. The van der Waals surface area contributed by atoms with Gasteiger partial charge in [-0.1, -0.05) is 60.7 Å². The molecule has 0 bridgehead atoms. The standard InChI is InChI=1S/C20H20N2OS/c1-15-21-18(14-24-15)13-19(23)22(2)20(16-9-5-3-6-10-16)17-11-7-4-8-12-17/h3-12,14,20H,13H2,1-2H3. The van der Waals surface area contributed by atoms with E-state index in [9.17, 15) is 4.79 Å². The molecule has 3 nitrogen and oxygen atoms in total. The Balaban J connectivity index is 1.89. The van der Waals surface area contributed by atoms with Crippen LogP contribution in [-0.2, 0) is 11.2 Å². The lowest BCUT2D eigenvalue weighted by atomic mass is 9.97. The van der Waals surface area contributed by atoms with Crippen LogP contribution in [0.1, 0.15) is 27.9 Å². The van der Waals surface area contributed by atoms with Gasteiger partial charge in [-0.25, -0.2) is 4.98 Å². The second-order valence-corrected chi connectivity index (χ2v) is 6.83. The number of thiazole rings is 1. The van der Waals surface area contributed by atoms with Crippen LogP contribution in [0.15, 0.2) is 66.0 Å².